The number of methoxy groups -OCH3 is 1. The molecule has 2 aromatic rings. The fourth-order valence-corrected chi connectivity index (χ4v) is 1.20. The van der Waals surface area contributed by atoms with Crippen LogP contribution in [-0.4, -0.2) is 33.6 Å². The summed E-state index contributed by atoms with van der Waals surface area (Å²) < 4.78 is 4.98. The molecular formula is C10H10N4O2. The van der Waals surface area contributed by atoms with Crippen LogP contribution in [-0.2, 0) is 0 Å². The smallest absolute Gasteiger partial charge is 0.245 e. The summed E-state index contributed by atoms with van der Waals surface area (Å²) in [4.78, 5) is 7.83. The minimum absolute atomic E-state index is 0.0493. The Bertz CT molecular complexity index is 494. The number of phenolic OH excluding ortho intramolecular Hbond substituents is 1. The number of hydrogen-bond acceptors (Lipinski definition) is 5. The molecular weight excluding hydrogens is 208 g/mol. The molecule has 0 bridgehead atoms. The number of phenols is 1. The Kier molecular flexibility index (Phi) is 2.81. The lowest BCUT2D eigenvalue weighted by Gasteiger charge is -2.04. The van der Waals surface area contributed by atoms with Crippen LogP contribution in [0.5, 0.6) is 11.5 Å². The van der Waals surface area contributed by atoms with E-state index in [4.69, 9.17) is 4.74 Å². The molecule has 0 radical (unpaired) electrons. The topological polar surface area (TPSA) is 83.4 Å². The third kappa shape index (κ3) is 2.00. The van der Waals surface area contributed by atoms with Crippen molar-refractivity contribution in [2.24, 2.45) is 4.99 Å². The summed E-state index contributed by atoms with van der Waals surface area (Å²) in [5.74, 6) is 0.831. The molecule has 1 aromatic carbocycles. The van der Waals surface area contributed by atoms with Crippen LogP contribution in [0.4, 0.5) is 5.95 Å². The maximum absolute atomic E-state index is 9.75. The van der Waals surface area contributed by atoms with Crippen LogP contribution in [0, 0.1) is 0 Å². The molecule has 0 aliphatic carbocycles. The number of hydrogen-bond donors (Lipinski definition) is 2. The van der Waals surface area contributed by atoms with Crippen LogP contribution in [0.25, 0.3) is 0 Å². The molecule has 1 aromatic heterocycles. The van der Waals surface area contributed by atoms with Gasteiger partial charge >= 0.3 is 0 Å². The first-order valence-electron chi connectivity index (χ1n) is 4.56. The van der Waals surface area contributed by atoms with E-state index >= 15 is 0 Å². The number of aromatic amines is 1. The van der Waals surface area contributed by atoms with Crippen molar-refractivity contribution in [3.8, 4) is 11.5 Å². The van der Waals surface area contributed by atoms with Gasteiger partial charge in [0.15, 0.2) is 11.5 Å². The average Bonchev–Trinajstić information content (AvgIpc) is 2.81. The number of para-hydroxylation sites is 1. The lowest BCUT2D eigenvalue weighted by Crippen LogP contribution is -1.88. The molecule has 0 spiro atoms. The number of H-pyrrole nitrogens is 1. The Morgan fingerprint density at radius 3 is 3.06 bits per heavy atom. The van der Waals surface area contributed by atoms with E-state index in [9.17, 15) is 5.11 Å². The van der Waals surface area contributed by atoms with Crippen LogP contribution >= 0.6 is 0 Å². The van der Waals surface area contributed by atoms with Gasteiger partial charge < -0.3 is 9.84 Å². The van der Waals surface area contributed by atoms with Gasteiger partial charge in [-0.25, -0.2) is 10.1 Å². The van der Waals surface area contributed by atoms with Crippen LogP contribution in [0.15, 0.2) is 29.5 Å². The molecule has 2 rings (SSSR count). The van der Waals surface area contributed by atoms with E-state index in [0.29, 0.717) is 17.3 Å². The zero-order valence-electron chi connectivity index (χ0n) is 8.58. The third-order valence-corrected chi connectivity index (χ3v) is 1.98. The highest BCUT2D eigenvalue weighted by Gasteiger charge is 2.04. The Morgan fingerprint density at radius 2 is 2.38 bits per heavy atom. The molecule has 2 N–H and O–H groups in total. The van der Waals surface area contributed by atoms with Gasteiger partial charge in [-0.3, -0.25) is 0 Å². The Labute approximate surface area is 91.6 Å². The molecule has 0 fully saturated rings. The quantitative estimate of drug-likeness (QED) is 0.760. The summed E-state index contributed by atoms with van der Waals surface area (Å²) in [6.45, 7) is 0. The predicted molar refractivity (Wildman–Crippen MR) is 58.3 cm³/mol. The van der Waals surface area contributed by atoms with Crippen LogP contribution in [0.3, 0.4) is 0 Å². The zero-order chi connectivity index (χ0) is 11.4. The number of aromatic nitrogens is 3. The minimum atomic E-state index is 0.0493. The van der Waals surface area contributed by atoms with Gasteiger partial charge in [-0.05, 0) is 12.1 Å². The number of nitrogens with zero attached hydrogens (tertiary/aromatic N) is 3. The fraction of sp³-hybridized carbons (Fsp3) is 0.100. The van der Waals surface area contributed by atoms with Gasteiger partial charge in [-0.15, -0.1) is 0 Å². The van der Waals surface area contributed by atoms with Gasteiger partial charge in [-0.1, -0.05) is 6.07 Å². The summed E-state index contributed by atoms with van der Waals surface area (Å²) in [7, 11) is 1.49. The second-order valence-electron chi connectivity index (χ2n) is 2.97. The molecule has 82 valence electrons. The highest BCUT2D eigenvalue weighted by Crippen LogP contribution is 2.28. The summed E-state index contributed by atoms with van der Waals surface area (Å²) >= 11 is 0. The standard InChI is InChI=1S/C10H10N4O2/c1-16-8-4-2-3-7(9(8)15)5-11-10-12-6-13-14-10/h2-6,15H,1H3,(H,12,13,14)/b11-5+. The third-order valence-electron chi connectivity index (χ3n) is 1.98. The summed E-state index contributed by atoms with van der Waals surface area (Å²) in [5, 5.41) is 16.0. The van der Waals surface area contributed by atoms with Gasteiger partial charge in [0, 0.05) is 11.8 Å². The number of aromatic hydroxyl groups is 1. The lowest BCUT2D eigenvalue weighted by atomic mass is 10.2. The van der Waals surface area contributed by atoms with Crippen molar-refractivity contribution in [2.75, 3.05) is 7.11 Å². The van der Waals surface area contributed by atoms with Crippen molar-refractivity contribution < 1.29 is 9.84 Å². The zero-order valence-corrected chi connectivity index (χ0v) is 8.58. The number of rotatable bonds is 3. The van der Waals surface area contributed by atoms with Crippen LogP contribution in [0.2, 0.25) is 0 Å². The second-order valence-corrected chi connectivity index (χ2v) is 2.97. The number of benzene rings is 1. The minimum Gasteiger partial charge on any atom is -0.504 e. The molecule has 0 atom stereocenters. The highest BCUT2D eigenvalue weighted by molar-refractivity contribution is 5.85. The Morgan fingerprint density at radius 1 is 1.50 bits per heavy atom. The molecule has 0 aliphatic rings. The lowest BCUT2D eigenvalue weighted by molar-refractivity contribution is 0.373. The number of nitrogens with one attached hydrogen (secondary N) is 1. The van der Waals surface area contributed by atoms with E-state index < -0.39 is 0 Å². The molecule has 1 heterocycles. The van der Waals surface area contributed by atoms with Gasteiger partial charge in [-0.2, -0.15) is 10.1 Å². The summed E-state index contributed by atoms with van der Waals surface area (Å²) in [5.41, 5.74) is 0.552. The van der Waals surface area contributed by atoms with Crippen molar-refractivity contribution in [1.82, 2.24) is 15.2 Å². The maximum atomic E-state index is 9.75. The van der Waals surface area contributed by atoms with Crippen molar-refractivity contribution in [2.45, 2.75) is 0 Å². The van der Waals surface area contributed by atoms with Gasteiger partial charge in [0.2, 0.25) is 5.95 Å². The van der Waals surface area contributed by atoms with E-state index in [2.05, 4.69) is 20.2 Å². The first kappa shape index (κ1) is 10.2. The van der Waals surface area contributed by atoms with Crippen molar-refractivity contribution in [3.63, 3.8) is 0 Å². The molecule has 0 amide bonds. The van der Waals surface area contributed by atoms with Crippen LogP contribution < -0.4 is 4.74 Å². The predicted octanol–water partition coefficient (Wildman–Crippen LogP) is 1.27. The molecule has 16 heavy (non-hydrogen) atoms. The first-order chi connectivity index (χ1) is 7.81. The van der Waals surface area contributed by atoms with Crippen LogP contribution in [0.1, 0.15) is 5.56 Å². The average molecular weight is 218 g/mol. The van der Waals surface area contributed by atoms with Gasteiger partial charge in [0.25, 0.3) is 0 Å². The van der Waals surface area contributed by atoms with Gasteiger partial charge in [0.05, 0.1) is 7.11 Å². The Balaban J connectivity index is 2.28. The number of aliphatic imine (C=N–C) groups is 1. The van der Waals surface area contributed by atoms with E-state index in [1.54, 1.807) is 18.2 Å². The Hall–Kier alpha value is -2.37. The first-order valence-corrected chi connectivity index (χ1v) is 4.56. The molecule has 0 aliphatic heterocycles. The largest absolute Gasteiger partial charge is 0.504 e. The molecule has 0 saturated heterocycles. The van der Waals surface area contributed by atoms with Crippen molar-refractivity contribution in [1.29, 1.82) is 0 Å². The maximum Gasteiger partial charge on any atom is 0.245 e. The van der Waals surface area contributed by atoms with E-state index in [0.717, 1.165) is 0 Å². The van der Waals surface area contributed by atoms with Crippen molar-refractivity contribution in [3.05, 3.63) is 30.1 Å². The van der Waals surface area contributed by atoms with Crippen molar-refractivity contribution >= 4 is 12.2 Å². The summed E-state index contributed by atoms with van der Waals surface area (Å²) in [6, 6.07) is 5.15. The second kappa shape index (κ2) is 4.43. The monoisotopic (exact) mass is 218 g/mol. The summed E-state index contributed by atoms with van der Waals surface area (Å²) in [6.07, 6.45) is 2.84. The highest BCUT2D eigenvalue weighted by atomic mass is 16.5. The fourth-order valence-electron chi connectivity index (χ4n) is 1.20. The molecule has 0 saturated carbocycles. The molecule has 6 heteroatoms. The molecule has 6 nitrogen and oxygen atoms in total. The normalized spacial score (nSPS) is 10.8. The van der Waals surface area contributed by atoms with E-state index in [-0.39, 0.29) is 5.75 Å². The number of ether oxygens (including phenoxy) is 1. The molecule has 0 unspecified atom stereocenters. The van der Waals surface area contributed by atoms with Gasteiger partial charge in [0.1, 0.15) is 6.33 Å². The van der Waals surface area contributed by atoms with E-state index in [1.165, 1.54) is 19.7 Å². The SMILES string of the molecule is COc1cccc(/C=N/c2ncn[nH]2)c1O. The van der Waals surface area contributed by atoms with E-state index in [1.807, 2.05) is 0 Å².